The first-order chi connectivity index (χ1) is 15.6. The number of carbonyl (C=O) groups is 1. The maximum absolute atomic E-state index is 13.5. The van der Waals surface area contributed by atoms with Gasteiger partial charge in [-0.05, 0) is 54.2 Å². The van der Waals surface area contributed by atoms with Crippen LogP contribution in [0.5, 0.6) is 0 Å². The van der Waals surface area contributed by atoms with Gasteiger partial charge in [0.2, 0.25) is 10.0 Å². The van der Waals surface area contributed by atoms with Crippen molar-refractivity contribution in [3.05, 3.63) is 29.3 Å². The molecule has 3 atom stereocenters. The molecule has 2 bridgehead atoms. The zero-order valence-electron chi connectivity index (χ0n) is 19.9. The molecule has 0 aromatic heterocycles. The molecule has 1 amide bonds. The monoisotopic (exact) mass is 474 g/mol. The number of hydrogen-bond acceptors (Lipinski definition) is 5. The number of carbonyl (C=O) groups excluding carboxylic acids is 1. The maximum atomic E-state index is 13.5. The summed E-state index contributed by atoms with van der Waals surface area (Å²) in [7, 11) is -2.29. The van der Waals surface area contributed by atoms with Gasteiger partial charge in [-0.1, -0.05) is 32.6 Å². The molecule has 1 heterocycles. The number of benzene rings is 1. The number of fused-ring (bicyclic) bond motifs is 2. The molecular weight excluding hydrogens is 440 g/mol. The Morgan fingerprint density at radius 3 is 2.64 bits per heavy atom. The number of nitrogens with zero attached hydrogens (tertiary/aromatic N) is 1. The van der Waals surface area contributed by atoms with Crippen molar-refractivity contribution in [1.82, 2.24) is 9.62 Å². The van der Waals surface area contributed by atoms with Crippen molar-refractivity contribution in [2.45, 2.75) is 51.0 Å². The molecule has 1 aromatic carbocycles. The Balaban J connectivity index is 1.66. The molecule has 7 nitrogen and oxygen atoms in total. The molecule has 2 aliphatic carbocycles. The standard InChI is InChI=1S/C25H34N2O5S/c1-24(2)20-9-10-25(3,17-20)23(24)26-22(28)19-8-7-18(6-5-13-31-4)21(16-19)33(29,30)27-11-14-32-15-12-27/h7-8,16,20,23H,9-15,17H2,1-4H3,(H,26,28). The van der Waals surface area contributed by atoms with Crippen molar-refractivity contribution in [1.29, 1.82) is 0 Å². The average molecular weight is 475 g/mol. The summed E-state index contributed by atoms with van der Waals surface area (Å²) in [4.78, 5) is 13.4. The average Bonchev–Trinajstić information content (AvgIpc) is 3.28. The van der Waals surface area contributed by atoms with Crippen LogP contribution in [0.2, 0.25) is 0 Å². The minimum Gasteiger partial charge on any atom is -0.379 e. The van der Waals surface area contributed by atoms with Gasteiger partial charge in [-0.2, -0.15) is 4.31 Å². The summed E-state index contributed by atoms with van der Waals surface area (Å²) in [6.07, 6.45) is 3.43. The molecule has 1 saturated heterocycles. The van der Waals surface area contributed by atoms with Crippen LogP contribution in [0.3, 0.4) is 0 Å². The molecule has 0 radical (unpaired) electrons. The van der Waals surface area contributed by atoms with Crippen LogP contribution >= 0.6 is 0 Å². The molecule has 2 saturated carbocycles. The van der Waals surface area contributed by atoms with Crippen molar-refractivity contribution >= 4 is 15.9 Å². The maximum Gasteiger partial charge on any atom is 0.251 e. The fraction of sp³-hybridized carbons (Fsp3) is 0.640. The predicted octanol–water partition coefficient (Wildman–Crippen LogP) is 2.65. The smallest absolute Gasteiger partial charge is 0.251 e. The van der Waals surface area contributed by atoms with E-state index in [-0.39, 0.29) is 47.4 Å². The van der Waals surface area contributed by atoms with E-state index >= 15 is 0 Å². The number of morpholine rings is 1. The Morgan fingerprint density at radius 1 is 1.27 bits per heavy atom. The lowest BCUT2D eigenvalue weighted by molar-refractivity contribution is 0.0728. The van der Waals surface area contributed by atoms with E-state index in [1.807, 2.05) is 0 Å². The molecule has 3 fully saturated rings. The van der Waals surface area contributed by atoms with Gasteiger partial charge in [-0.3, -0.25) is 4.79 Å². The number of sulfonamides is 1. The van der Waals surface area contributed by atoms with Crippen molar-refractivity contribution < 1.29 is 22.7 Å². The molecule has 1 aliphatic heterocycles. The summed E-state index contributed by atoms with van der Waals surface area (Å²) in [5.74, 6) is 6.09. The lowest BCUT2D eigenvalue weighted by Gasteiger charge is -2.43. The first-order valence-corrected chi connectivity index (χ1v) is 13.0. The van der Waals surface area contributed by atoms with Crippen LogP contribution in [0.15, 0.2) is 23.1 Å². The van der Waals surface area contributed by atoms with E-state index in [0.717, 1.165) is 12.8 Å². The molecule has 8 heteroatoms. The van der Waals surface area contributed by atoms with Crippen molar-refractivity contribution in [2.75, 3.05) is 40.0 Å². The van der Waals surface area contributed by atoms with E-state index in [0.29, 0.717) is 30.3 Å². The second-order valence-electron chi connectivity index (χ2n) is 10.3. The van der Waals surface area contributed by atoms with E-state index < -0.39 is 10.0 Å². The Bertz CT molecular complexity index is 1080. The van der Waals surface area contributed by atoms with Gasteiger partial charge in [0.05, 0.1) is 18.1 Å². The van der Waals surface area contributed by atoms with Gasteiger partial charge in [-0.15, -0.1) is 0 Å². The van der Waals surface area contributed by atoms with Gasteiger partial charge in [0.25, 0.3) is 5.91 Å². The third-order valence-corrected chi connectivity index (χ3v) is 9.76. The molecule has 1 N–H and O–H groups in total. The second kappa shape index (κ2) is 9.03. The highest BCUT2D eigenvalue weighted by atomic mass is 32.2. The zero-order valence-corrected chi connectivity index (χ0v) is 20.8. The molecule has 3 unspecified atom stereocenters. The van der Waals surface area contributed by atoms with Crippen molar-refractivity contribution in [3.8, 4) is 11.8 Å². The highest BCUT2D eigenvalue weighted by Gasteiger charge is 2.59. The number of ether oxygens (including phenoxy) is 2. The minimum atomic E-state index is -3.83. The Morgan fingerprint density at radius 2 is 2.00 bits per heavy atom. The fourth-order valence-corrected chi connectivity index (χ4v) is 7.57. The first-order valence-electron chi connectivity index (χ1n) is 11.6. The molecule has 3 aliphatic rings. The van der Waals surface area contributed by atoms with E-state index in [9.17, 15) is 13.2 Å². The molecule has 1 aromatic rings. The zero-order chi connectivity index (χ0) is 23.9. The van der Waals surface area contributed by atoms with Gasteiger partial charge >= 0.3 is 0 Å². The summed E-state index contributed by atoms with van der Waals surface area (Å²) in [5.41, 5.74) is 0.790. The lowest BCUT2D eigenvalue weighted by atomic mass is 9.68. The number of methoxy groups -OCH3 is 1. The Labute approximate surface area is 197 Å². The van der Waals surface area contributed by atoms with Crippen LogP contribution < -0.4 is 5.32 Å². The molecular formula is C25H34N2O5S. The van der Waals surface area contributed by atoms with Gasteiger partial charge in [0.15, 0.2) is 0 Å². The number of hydrogen-bond donors (Lipinski definition) is 1. The summed E-state index contributed by atoms with van der Waals surface area (Å²) in [6, 6.07) is 4.81. The summed E-state index contributed by atoms with van der Waals surface area (Å²) in [5, 5.41) is 3.26. The topological polar surface area (TPSA) is 84.9 Å². The fourth-order valence-electron chi connectivity index (χ4n) is 5.99. The van der Waals surface area contributed by atoms with Gasteiger partial charge in [-0.25, -0.2) is 8.42 Å². The Kier molecular flexibility index (Phi) is 6.62. The Hall–Kier alpha value is -1.92. The minimum absolute atomic E-state index is 0.0108. The van der Waals surface area contributed by atoms with Crippen LogP contribution in [-0.4, -0.2) is 64.7 Å². The quantitative estimate of drug-likeness (QED) is 0.664. The first kappa shape index (κ1) is 24.2. The van der Waals surface area contributed by atoms with E-state index in [4.69, 9.17) is 9.47 Å². The van der Waals surface area contributed by atoms with Crippen LogP contribution in [-0.2, 0) is 19.5 Å². The molecule has 180 valence electrons. The molecule has 0 spiro atoms. The van der Waals surface area contributed by atoms with Gasteiger partial charge in [0.1, 0.15) is 6.61 Å². The predicted molar refractivity (Wildman–Crippen MR) is 125 cm³/mol. The normalized spacial score (nSPS) is 28.8. The van der Waals surface area contributed by atoms with Crippen LogP contribution in [0, 0.1) is 28.6 Å². The summed E-state index contributed by atoms with van der Waals surface area (Å²) < 4.78 is 38.6. The summed E-state index contributed by atoms with van der Waals surface area (Å²) >= 11 is 0. The number of amides is 1. The largest absolute Gasteiger partial charge is 0.379 e. The third kappa shape index (κ3) is 4.44. The third-order valence-electron chi connectivity index (χ3n) is 7.82. The highest BCUT2D eigenvalue weighted by Crippen LogP contribution is 2.62. The summed E-state index contributed by atoms with van der Waals surface area (Å²) in [6.45, 7) is 8.16. The van der Waals surface area contributed by atoms with Gasteiger partial charge in [0, 0.05) is 37.4 Å². The molecule has 33 heavy (non-hydrogen) atoms. The van der Waals surface area contributed by atoms with Crippen molar-refractivity contribution in [3.63, 3.8) is 0 Å². The van der Waals surface area contributed by atoms with Crippen molar-refractivity contribution in [2.24, 2.45) is 16.7 Å². The van der Waals surface area contributed by atoms with Gasteiger partial charge < -0.3 is 14.8 Å². The van der Waals surface area contributed by atoms with E-state index in [1.54, 1.807) is 12.1 Å². The van der Waals surface area contributed by atoms with Crippen LogP contribution in [0.25, 0.3) is 0 Å². The van der Waals surface area contributed by atoms with Crippen LogP contribution in [0.4, 0.5) is 0 Å². The molecule has 4 rings (SSSR count). The highest BCUT2D eigenvalue weighted by molar-refractivity contribution is 7.89. The van der Waals surface area contributed by atoms with E-state index in [2.05, 4.69) is 37.9 Å². The SMILES string of the molecule is COCC#Cc1ccc(C(=O)NC2C3(C)CCC(C3)C2(C)C)cc1S(=O)(=O)N1CCOCC1. The lowest BCUT2D eigenvalue weighted by Crippen LogP contribution is -2.52. The number of nitrogens with one attached hydrogen (secondary N) is 1. The van der Waals surface area contributed by atoms with Crippen LogP contribution in [0.1, 0.15) is 56.0 Å². The number of rotatable bonds is 5. The van der Waals surface area contributed by atoms with E-state index in [1.165, 1.54) is 23.9 Å². The second-order valence-corrected chi connectivity index (χ2v) is 12.2.